The number of nitrogens with zero attached hydrogens (tertiary/aromatic N) is 1. The van der Waals surface area contributed by atoms with Crippen LogP contribution in [0.25, 0.3) is 5.57 Å². The first-order valence-corrected chi connectivity index (χ1v) is 9.60. The van der Waals surface area contributed by atoms with E-state index in [-0.39, 0.29) is 23.8 Å². The Morgan fingerprint density at radius 3 is 2.70 bits per heavy atom. The average molecular weight is 441 g/mol. The Morgan fingerprint density at radius 2 is 2.11 bits per heavy atom. The highest BCUT2D eigenvalue weighted by atomic mass is 79.9. The van der Waals surface area contributed by atoms with Gasteiger partial charge in [0.1, 0.15) is 29.5 Å². The van der Waals surface area contributed by atoms with Gasteiger partial charge in [0.05, 0.1) is 0 Å². The van der Waals surface area contributed by atoms with Gasteiger partial charge in [0, 0.05) is 29.6 Å². The SMILES string of the molecule is CC\C=C(C)/C=C(F)\C(=C\F)NC1=C(c2ccc(F)cc2Br)C(C)CN1C. The summed E-state index contributed by atoms with van der Waals surface area (Å²) in [7, 11) is 1.85. The van der Waals surface area contributed by atoms with Gasteiger partial charge in [0.2, 0.25) is 0 Å². The number of halogens is 4. The molecule has 1 heterocycles. The van der Waals surface area contributed by atoms with Gasteiger partial charge in [-0.05, 0) is 37.1 Å². The zero-order chi connectivity index (χ0) is 20.1. The van der Waals surface area contributed by atoms with Crippen LogP contribution in [-0.2, 0) is 0 Å². The standard InChI is InChI=1S/C21H24BrF3N2/c1-5-6-13(2)9-18(25)19(11-23)26-21-20(14(3)12-27(21)4)16-8-7-15(24)10-17(16)22/h6-11,14,26H,5,12H2,1-4H3/b13-6-,18-9+,19-11-. The minimum absolute atomic E-state index is 0.105. The van der Waals surface area contributed by atoms with E-state index in [1.165, 1.54) is 18.2 Å². The van der Waals surface area contributed by atoms with Crippen molar-refractivity contribution in [2.24, 2.45) is 5.92 Å². The fraction of sp³-hybridized carbons (Fsp3) is 0.333. The zero-order valence-corrected chi connectivity index (χ0v) is 17.5. The molecule has 1 atom stereocenters. The Bertz CT molecular complexity index is 825. The molecule has 1 unspecified atom stereocenters. The van der Waals surface area contributed by atoms with Gasteiger partial charge in [0.25, 0.3) is 0 Å². The van der Waals surface area contributed by atoms with Crippen molar-refractivity contribution in [2.45, 2.75) is 27.2 Å². The average Bonchev–Trinajstić information content (AvgIpc) is 2.86. The van der Waals surface area contributed by atoms with Crippen molar-refractivity contribution < 1.29 is 13.2 Å². The van der Waals surface area contributed by atoms with Crippen LogP contribution in [0.15, 0.2) is 64.1 Å². The van der Waals surface area contributed by atoms with Crippen molar-refractivity contribution in [3.8, 4) is 0 Å². The Kier molecular flexibility index (Phi) is 7.36. The summed E-state index contributed by atoms with van der Waals surface area (Å²) in [6.45, 7) is 6.42. The maximum Gasteiger partial charge on any atom is 0.149 e. The summed E-state index contributed by atoms with van der Waals surface area (Å²) in [6, 6.07) is 4.43. The fourth-order valence-electron chi connectivity index (χ4n) is 3.22. The largest absolute Gasteiger partial charge is 0.360 e. The highest BCUT2D eigenvalue weighted by Crippen LogP contribution is 2.38. The van der Waals surface area contributed by atoms with Gasteiger partial charge in [-0.15, -0.1) is 0 Å². The Morgan fingerprint density at radius 1 is 1.41 bits per heavy atom. The van der Waals surface area contributed by atoms with Crippen LogP contribution in [0, 0.1) is 11.7 Å². The smallest absolute Gasteiger partial charge is 0.149 e. The molecule has 0 bridgehead atoms. The summed E-state index contributed by atoms with van der Waals surface area (Å²) in [4.78, 5) is 1.90. The maximum absolute atomic E-state index is 14.5. The summed E-state index contributed by atoms with van der Waals surface area (Å²) < 4.78 is 42.1. The van der Waals surface area contributed by atoms with Crippen LogP contribution in [0.5, 0.6) is 0 Å². The number of rotatable bonds is 6. The fourth-order valence-corrected chi connectivity index (χ4v) is 3.79. The molecule has 6 heteroatoms. The van der Waals surface area contributed by atoms with Crippen molar-refractivity contribution >= 4 is 21.5 Å². The molecule has 0 spiro atoms. The molecule has 0 amide bonds. The van der Waals surface area contributed by atoms with Crippen LogP contribution in [0.2, 0.25) is 0 Å². The first-order valence-electron chi connectivity index (χ1n) is 8.80. The van der Waals surface area contributed by atoms with Gasteiger partial charge in [-0.1, -0.05) is 47.5 Å². The lowest BCUT2D eigenvalue weighted by atomic mass is 9.96. The summed E-state index contributed by atoms with van der Waals surface area (Å²) in [5.74, 6) is -0.331. The Labute approximate surface area is 167 Å². The third-order valence-electron chi connectivity index (χ3n) is 4.40. The predicted molar refractivity (Wildman–Crippen MR) is 108 cm³/mol. The third kappa shape index (κ3) is 5.06. The quantitative estimate of drug-likeness (QED) is 0.511. The molecule has 1 N–H and O–H groups in total. The van der Waals surface area contributed by atoms with Crippen LogP contribution in [-0.4, -0.2) is 18.5 Å². The van der Waals surface area contributed by atoms with Crippen LogP contribution < -0.4 is 5.32 Å². The highest BCUT2D eigenvalue weighted by molar-refractivity contribution is 9.10. The first-order chi connectivity index (χ1) is 12.8. The second-order valence-corrected chi connectivity index (χ2v) is 7.52. The molecule has 1 aliphatic heterocycles. The molecule has 0 saturated heterocycles. The van der Waals surface area contributed by atoms with Crippen LogP contribution in [0.1, 0.15) is 32.8 Å². The zero-order valence-electron chi connectivity index (χ0n) is 15.9. The normalized spacial score (nSPS) is 19.2. The molecule has 0 fully saturated rings. The predicted octanol–water partition coefficient (Wildman–Crippen LogP) is 6.45. The van der Waals surface area contributed by atoms with E-state index in [2.05, 4.69) is 21.2 Å². The second-order valence-electron chi connectivity index (χ2n) is 6.66. The number of hydrogen-bond acceptors (Lipinski definition) is 2. The summed E-state index contributed by atoms with van der Waals surface area (Å²) in [5, 5.41) is 2.89. The van der Waals surface area contributed by atoms with Crippen molar-refractivity contribution in [1.82, 2.24) is 10.2 Å². The van der Waals surface area contributed by atoms with Crippen molar-refractivity contribution in [1.29, 1.82) is 0 Å². The van der Waals surface area contributed by atoms with Crippen molar-refractivity contribution in [2.75, 3.05) is 13.6 Å². The number of allylic oxidation sites excluding steroid dienone is 4. The number of benzene rings is 1. The topological polar surface area (TPSA) is 15.3 Å². The van der Waals surface area contributed by atoms with E-state index in [0.717, 1.165) is 23.1 Å². The first kappa shape index (κ1) is 21.4. The van der Waals surface area contributed by atoms with Gasteiger partial charge in [-0.2, -0.15) is 0 Å². The van der Waals surface area contributed by atoms with E-state index >= 15 is 0 Å². The number of nitrogens with one attached hydrogen (secondary N) is 1. The van der Waals surface area contributed by atoms with E-state index < -0.39 is 5.83 Å². The van der Waals surface area contributed by atoms with Crippen molar-refractivity contribution in [3.05, 3.63) is 75.5 Å². The highest BCUT2D eigenvalue weighted by Gasteiger charge is 2.29. The lowest BCUT2D eigenvalue weighted by Gasteiger charge is -2.20. The summed E-state index contributed by atoms with van der Waals surface area (Å²) in [6.07, 6.45) is 4.16. The molecule has 146 valence electrons. The molecule has 1 aromatic rings. The maximum atomic E-state index is 14.5. The van der Waals surface area contributed by atoms with E-state index in [1.54, 1.807) is 13.0 Å². The molecule has 2 nitrogen and oxygen atoms in total. The lowest BCUT2D eigenvalue weighted by molar-refractivity contribution is 0.402. The minimum atomic E-state index is -0.683. The number of hydrogen-bond donors (Lipinski definition) is 1. The summed E-state index contributed by atoms with van der Waals surface area (Å²) in [5.41, 5.74) is 2.14. The van der Waals surface area contributed by atoms with Crippen molar-refractivity contribution in [3.63, 3.8) is 0 Å². The summed E-state index contributed by atoms with van der Waals surface area (Å²) >= 11 is 3.39. The Hall–Kier alpha value is -1.95. The van der Waals surface area contributed by atoms with E-state index in [0.29, 0.717) is 16.8 Å². The van der Waals surface area contributed by atoms with Gasteiger partial charge in [0.15, 0.2) is 0 Å². The molecular formula is C21H24BrF3N2. The molecule has 0 aliphatic carbocycles. The van der Waals surface area contributed by atoms with Crippen LogP contribution in [0.3, 0.4) is 0 Å². The van der Waals surface area contributed by atoms with Gasteiger partial charge in [-0.25, -0.2) is 13.2 Å². The van der Waals surface area contributed by atoms with Gasteiger partial charge in [-0.3, -0.25) is 0 Å². The van der Waals surface area contributed by atoms with E-state index in [4.69, 9.17) is 0 Å². The molecular weight excluding hydrogens is 417 g/mol. The van der Waals surface area contributed by atoms with E-state index in [9.17, 15) is 13.2 Å². The molecule has 0 saturated carbocycles. The monoisotopic (exact) mass is 440 g/mol. The molecule has 0 radical (unpaired) electrons. The Balaban J connectivity index is 2.45. The molecule has 1 aliphatic rings. The van der Waals surface area contributed by atoms with Gasteiger partial charge >= 0.3 is 0 Å². The molecule has 2 rings (SSSR count). The van der Waals surface area contributed by atoms with Gasteiger partial charge < -0.3 is 10.2 Å². The minimum Gasteiger partial charge on any atom is -0.360 e. The molecule has 1 aromatic carbocycles. The second kappa shape index (κ2) is 9.31. The molecule has 27 heavy (non-hydrogen) atoms. The third-order valence-corrected chi connectivity index (χ3v) is 5.05. The lowest BCUT2D eigenvalue weighted by Crippen LogP contribution is -2.26. The molecule has 0 aromatic heterocycles. The van der Waals surface area contributed by atoms with Crippen LogP contribution >= 0.6 is 15.9 Å². The van der Waals surface area contributed by atoms with E-state index in [1.807, 2.05) is 31.9 Å². The van der Waals surface area contributed by atoms with Crippen LogP contribution in [0.4, 0.5) is 13.2 Å².